The first-order valence-electron chi connectivity index (χ1n) is 11.7. The zero-order chi connectivity index (χ0) is 22.2. The van der Waals surface area contributed by atoms with Crippen LogP contribution in [0, 0.1) is 0 Å². The van der Waals surface area contributed by atoms with E-state index in [-0.39, 0.29) is 6.98 Å². The van der Waals surface area contributed by atoms with Crippen molar-refractivity contribution in [2.75, 3.05) is 9.62 Å². The Hall–Kier alpha value is -4.02. The summed E-state index contributed by atoms with van der Waals surface area (Å²) in [5, 5.41) is 2.73. The van der Waals surface area contributed by atoms with Gasteiger partial charge in [0.2, 0.25) is 0 Å². The van der Waals surface area contributed by atoms with Crippen LogP contribution in [0.25, 0.3) is 31.3 Å². The molecular weight excluding hydrogens is 431 g/mol. The van der Waals surface area contributed by atoms with E-state index in [9.17, 15) is 0 Å². The van der Waals surface area contributed by atoms with Crippen LogP contribution in [0.2, 0.25) is 0 Å². The van der Waals surface area contributed by atoms with E-state index in [4.69, 9.17) is 0 Å². The maximum atomic E-state index is 2.53. The van der Waals surface area contributed by atoms with Crippen LogP contribution >= 0.6 is 11.3 Å². The quantitative estimate of drug-likeness (QED) is 0.237. The number of anilines is 4. The topological polar surface area (TPSA) is 6.48 Å². The maximum Gasteiger partial charge on any atom is 0.421 e. The SMILES string of the molecule is c1ccc(N2B3c4ccc5sc6ccccc6c5c4-c4ccccc4N3c3ccccc32)cc1. The van der Waals surface area contributed by atoms with E-state index in [2.05, 4.69) is 125 Å². The van der Waals surface area contributed by atoms with E-state index < -0.39 is 0 Å². The average Bonchev–Trinajstić information content (AvgIpc) is 3.45. The summed E-state index contributed by atoms with van der Waals surface area (Å²) in [6.07, 6.45) is 0. The van der Waals surface area contributed by atoms with Crippen molar-refractivity contribution in [1.29, 1.82) is 0 Å². The van der Waals surface area contributed by atoms with Gasteiger partial charge in [-0.2, -0.15) is 0 Å². The summed E-state index contributed by atoms with van der Waals surface area (Å²) in [6.45, 7) is 0.0627. The molecule has 2 nitrogen and oxygen atoms in total. The summed E-state index contributed by atoms with van der Waals surface area (Å²) in [6, 6.07) is 42.0. The molecule has 0 aliphatic carbocycles. The molecule has 1 aromatic heterocycles. The molecule has 0 amide bonds. The second-order valence-corrected chi connectivity index (χ2v) is 10.0. The van der Waals surface area contributed by atoms with Gasteiger partial charge in [-0.25, -0.2) is 0 Å². The largest absolute Gasteiger partial charge is 0.421 e. The standard InChI is InChI=1S/C30H19BN2S/c1-2-10-20(11-3-1)32-25-15-7-8-16-26(25)33-24-14-6-4-12-21(24)29-23(31(32)33)18-19-28-30(29)22-13-5-9-17-27(22)34-28/h1-19H. The Balaban J connectivity index is 1.52. The minimum Gasteiger partial charge on any atom is -0.360 e. The minimum atomic E-state index is 0.0627. The third-order valence-electron chi connectivity index (χ3n) is 7.21. The van der Waals surface area contributed by atoms with Gasteiger partial charge < -0.3 is 9.62 Å². The minimum absolute atomic E-state index is 0.0627. The second kappa shape index (κ2) is 6.75. The highest BCUT2D eigenvalue weighted by Crippen LogP contribution is 2.52. The molecule has 0 saturated heterocycles. The molecule has 3 heterocycles. The van der Waals surface area contributed by atoms with Crippen molar-refractivity contribution in [3.8, 4) is 11.1 Å². The van der Waals surface area contributed by atoms with Crippen molar-refractivity contribution in [2.24, 2.45) is 0 Å². The smallest absolute Gasteiger partial charge is 0.360 e. The molecule has 0 radical (unpaired) electrons. The Morgan fingerprint density at radius 2 is 1.21 bits per heavy atom. The van der Waals surface area contributed by atoms with E-state index in [0.29, 0.717) is 0 Å². The number of hydrogen-bond donors (Lipinski definition) is 0. The lowest BCUT2D eigenvalue weighted by Crippen LogP contribution is -2.55. The molecule has 0 atom stereocenters. The number of benzene rings is 5. The monoisotopic (exact) mass is 450 g/mol. The summed E-state index contributed by atoms with van der Waals surface area (Å²) in [5.74, 6) is 0. The fourth-order valence-corrected chi connectivity index (χ4v) is 7.01. The average molecular weight is 450 g/mol. The van der Waals surface area contributed by atoms with Gasteiger partial charge in [0.1, 0.15) is 0 Å². The normalized spacial score (nSPS) is 13.7. The molecule has 0 unspecified atom stereocenters. The zero-order valence-electron chi connectivity index (χ0n) is 18.3. The Bertz CT molecular complexity index is 1720. The first kappa shape index (κ1) is 18.4. The van der Waals surface area contributed by atoms with E-state index in [1.54, 1.807) is 0 Å². The summed E-state index contributed by atoms with van der Waals surface area (Å²) in [7, 11) is 0. The summed E-state index contributed by atoms with van der Waals surface area (Å²) >= 11 is 1.89. The highest BCUT2D eigenvalue weighted by molar-refractivity contribution is 7.26. The molecule has 8 rings (SSSR count). The molecule has 34 heavy (non-hydrogen) atoms. The van der Waals surface area contributed by atoms with Crippen LogP contribution in [0.4, 0.5) is 22.7 Å². The van der Waals surface area contributed by atoms with Gasteiger partial charge in [0.15, 0.2) is 0 Å². The third kappa shape index (κ3) is 2.31. The van der Waals surface area contributed by atoms with Gasteiger partial charge in [0, 0.05) is 37.1 Å². The number of thiophene rings is 1. The Kier molecular flexibility index (Phi) is 3.66. The van der Waals surface area contributed by atoms with E-state index in [1.807, 2.05) is 11.3 Å². The zero-order valence-corrected chi connectivity index (χ0v) is 19.2. The third-order valence-corrected chi connectivity index (χ3v) is 8.35. The van der Waals surface area contributed by atoms with E-state index in [0.717, 1.165) is 0 Å². The fraction of sp³-hybridized carbons (Fsp3) is 0. The molecule has 0 fully saturated rings. The Morgan fingerprint density at radius 1 is 0.529 bits per heavy atom. The highest BCUT2D eigenvalue weighted by Gasteiger charge is 2.48. The molecular formula is C30H19BN2S. The molecule has 158 valence electrons. The molecule has 6 aromatic rings. The fourth-order valence-electron chi connectivity index (χ4n) is 5.89. The van der Waals surface area contributed by atoms with Crippen molar-refractivity contribution in [3.63, 3.8) is 0 Å². The van der Waals surface area contributed by atoms with Crippen LogP contribution in [-0.4, -0.2) is 6.98 Å². The van der Waals surface area contributed by atoms with Crippen molar-refractivity contribution in [2.45, 2.75) is 0 Å². The Morgan fingerprint density at radius 3 is 2.06 bits per heavy atom. The maximum absolute atomic E-state index is 2.53. The van der Waals surface area contributed by atoms with Crippen molar-refractivity contribution in [1.82, 2.24) is 0 Å². The van der Waals surface area contributed by atoms with Gasteiger partial charge in [0.25, 0.3) is 0 Å². The second-order valence-electron chi connectivity index (χ2n) is 8.96. The van der Waals surface area contributed by atoms with Gasteiger partial charge >= 0.3 is 6.98 Å². The highest BCUT2D eigenvalue weighted by atomic mass is 32.1. The molecule has 0 N–H and O–H groups in total. The van der Waals surface area contributed by atoms with E-state index in [1.165, 1.54) is 59.5 Å². The van der Waals surface area contributed by atoms with Crippen LogP contribution in [0.15, 0.2) is 115 Å². The lowest BCUT2D eigenvalue weighted by atomic mass is 9.59. The van der Waals surface area contributed by atoms with Crippen LogP contribution in [-0.2, 0) is 0 Å². The number of para-hydroxylation sites is 4. The molecule has 0 bridgehead atoms. The van der Waals surface area contributed by atoms with Gasteiger partial charge in [-0.15, -0.1) is 11.3 Å². The van der Waals surface area contributed by atoms with Crippen LogP contribution < -0.4 is 15.1 Å². The van der Waals surface area contributed by atoms with Crippen LogP contribution in [0.1, 0.15) is 0 Å². The Labute approximate surface area is 202 Å². The van der Waals surface area contributed by atoms with Crippen molar-refractivity contribution >= 4 is 66.7 Å². The number of fused-ring (bicyclic) bond motifs is 12. The summed E-state index contributed by atoms with van der Waals surface area (Å²) in [4.78, 5) is 5.03. The number of nitrogens with zero attached hydrogens (tertiary/aromatic N) is 2. The van der Waals surface area contributed by atoms with Gasteiger partial charge in [-0.1, -0.05) is 72.8 Å². The van der Waals surface area contributed by atoms with Crippen LogP contribution in [0.5, 0.6) is 0 Å². The van der Waals surface area contributed by atoms with E-state index >= 15 is 0 Å². The van der Waals surface area contributed by atoms with Crippen molar-refractivity contribution in [3.05, 3.63) is 115 Å². The van der Waals surface area contributed by atoms with Gasteiger partial charge in [0.05, 0.1) is 11.4 Å². The first-order chi connectivity index (χ1) is 16.9. The predicted octanol–water partition coefficient (Wildman–Crippen LogP) is 7.72. The molecule has 4 heteroatoms. The molecule has 2 aliphatic heterocycles. The molecule has 5 aromatic carbocycles. The summed E-state index contributed by atoms with van der Waals surface area (Å²) in [5.41, 5.74) is 9.03. The first-order valence-corrected chi connectivity index (χ1v) is 12.5. The lowest BCUT2D eigenvalue weighted by molar-refractivity contribution is 1.38. The molecule has 0 saturated carbocycles. The van der Waals surface area contributed by atoms with Crippen LogP contribution in [0.3, 0.4) is 0 Å². The summed E-state index contributed by atoms with van der Waals surface area (Å²) < 4.78 is 2.70. The molecule has 0 spiro atoms. The number of rotatable bonds is 1. The lowest BCUT2D eigenvalue weighted by Gasteiger charge is -2.36. The van der Waals surface area contributed by atoms with Gasteiger partial charge in [-0.3, -0.25) is 0 Å². The molecule has 2 aliphatic rings. The number of hydrogen-bond acceptors (Lipinski definition) is 3. The predicted molar refractivity (Wildman–Crippen MR) is 147 cm³/mol. The van der Waals surface area contributed by atoms with Crippen molar-refractivity contribution < 1.29 is 0 Å². The van der Waals surface area contributed by atoms with Gasteiger partial charge in [-0.05, 0) is 53.5 Å².